The van der Waals surface area contributed by atoms with Crippen molar-refractivity contribution in [1.29, 1.82) is 0 Å². The van der Waals surface area contributed by atoms with Gasteiger partial charge >= 0.3 is 0 Å². The maximum Gasteiger partial charge on any atom is 0.232 e. The van der Waals surface area contributed by atoms with Crippen LogP contribution in [0, 0.1) is 5.92 Å². The highest BCUT2D eigenvalue weighted by Gasteiger charge is 2.43. The number of nitrogens with zero attached hydrogens (tertiary/aromatic N) is 4. The zero-order valence-corrected chi connectivity index (χ0v) is 19.3. The molecular formula is C26H29N5O2. The Balaban J connectivity index is 1.37. The number of carbonyl (C=O) groups excluding carboxylic acids is 2. The molecule has 1 fully saturated rings. The fourth-order valence-electron chi connectivity index (χ4n) is 5.07. The van der Waals surface area contributed by atoms with Crippen LogP contribution in [0.2, 0.25) is 0 Å². The van der Waals surface area contributed by atoms with Gasteiger partial charge in [-0.2, -0.15) is 5.10 Å². The highest BCUT2D eigenvalue weighted by atomic mass is 16.2. The fourth-order valence-corrected chi connectivity index (χ4v) is 5.07. The number of carbonyl (C=O) groups is 2. The van der Waals surface area contributed by atoms with Crippen molar-refractivity contribution in [2.45, 2.75) is 32.1 Å². The van der Waals surface area contributed by atoms with Crippen LogP contribution in [0.4, 0.5) is 17.1 Å². The molecule has 2 aliphatic heterocycles. The number of aromatic nitrogens is 2. The normalized spacial score (nSPS) is 19.2. The summed E-state index contributed by atoms with van der Waals surface area (Å²) in [5, 5.41) is 4.26. The molecule has 0 radical (unpaired) electrons. The van der Waals surface area contributed by atoms with Gasteiger partial charge in [0.05, 0.1) is 12.1 Å². The minimum Gasteiger partial charge on any atom is -0.399 e. The second kappa shape index (κ2) is 7.76. The van der Waals surface area contributed by atoms with Crippen LogP contribution in [0.3, 0.4) is 0 Å². The molecular weight excluding hydrogens is 414 g/mol. The van der Waals surface area contributed by atoms with Crippen LogP contribution < -0.4 is 15.5 Å². The summed E-state index contributed by atoms with van der Waals surface area (Å²) < 4.78 is 1.81. The summed E-state index contributed by atoms with van der Waals surface area (Å²) >= 11 is 0. The van der Waals surface area contributed by atoms with Crippen LogP contribution in [0.15, 0.2) is 54.9 Å². The van der Waals surface area contributed by atoms with Gasteiger partial charge in [0.2, 0.25) is 11.8 Å². The van der Waals surface area contributed by atoms with Gasteiger partial charge in [-0.25, -0.2) is 0 Å². The van der Waals surface area contributed by atoms with Crippen molar-refractivity contribution in [2.75, 3.05) is 28.6 Å². The van der Waals surface area contributed by atoms with Crippen molar-refractivity contribution in [3.63, 3.8) is 0 Å². The summed E-state index contributed by atoms with van der Waals surface area (Å²) in [5.74, 6) is -0.387. The molecule has 1 aromatic heterocycles. The number of fused-ring (bicyclic) bond motifs is 1. The first-order valence-electron chi connectivity index (χ1n) is 11.3. The van der Waals surface area contributed by atoms with Gasteiger partial charge in [0.15, 0.2) is 0 Å². The van der Waals surface area contributed by atoms with Gasteiger partial charge in [-0.3, -0.25) is 14.3 Å². The van der Waals surface area contributed by atoms with Crippen molar-refractivity contribution in [3.05, 3.63) is 71.5 Å². The molecule has 7 heteroatoms. The van der Waals surface area contributed by atoms with E-state index < -0.39 is 0 Å². The number of benzene rings is 2. The Kier molecular flexibility index (Phi) is 5.00. The third-order valence-electron chi connectivity index (χ3n) is 6.72. The molecule has 1 atom stereocenters. The molecule has 0 aliphatic carbocycles. The molecule has 0 bridgehead atoms. The van der Waals surface area contributed by atoms with E-state index in [-0.39, 0.29) is 29.6 Å². The van der Waals surface area contributed by atoms with E-state index in [9.17, 15) is 9.59 Å². The van der Waals surface area contributed by atoms with E-state index in [1.165, 1.54) is 11.1 Å². The molecule has 1 saturated heterocycles. The predicted octanol–water partition coefficient (Wildman–Crippen LogP) is 3.27. The predicted molar refractivity (Wildman–Crippen MR) is 129 cm³/mol. The number of rotatable bonds is 4. The topological polar surface area (TPSA) is 84.5 Å². The van der Waals surface area contributed by atoms with Crippen LogP contribution in [0.25, 0.3) is 0 Å². The molecule has 33 heavy (non-hydrogen) atoms. The van der Waals surface area contributed by atoms with E-state index in [0.717, 1.165) is 23.4 Å². The van der Waals surface area contributed by atoms with Crippen molar-refractivity contribution < 1.29 is 9.59 Å². The van der Waals surface area contributed by atoms with Gasteiger partial charge in [-0.05, 0) is 41.0 Å². The van der Waals surface area contributed by atoms with E-state index in [1.807, 2.05) is 41.2 Å². The van der Waals surface area contributed by atoms with Gasteiger partial charge in [0.1, 0.15) is 0 Å². The van der Waals surface area contributed by atoms with Gasteiger partial charge < -0.3 is 15.5 Å². The van der Waals surface area contributed by atoms with E-state index >= 15 is 0 Å². The lowest BCUT2D eigenvalue weighted by atomic mass is 9.85. The van der Waals surface area contributed by atoms with Gasteiger partial charge in [0, 0.05) is 61.7 Å². The first-order chi connectivity index (χ1) is 15.7. The summed E-state index contributed by atoms with van der Waals surface area (Å²) in [7, 11) is 1.92. The summed E-state index contributed by atoms with van der Waals surface area (Å²) in [5.41, 5.74) is 11.6. The number of hydrogen-bond acceptors (Lipinski definition) is 4. The molecule has 0 spiro atoms. The number of anilines is 3. The monoisotopic (exact) mass is 443 g/mol. The molecule has 3 aromatic rings. The van der Waals surface area contributed by atoms with Gasteiger partial charge in [-0.1, -0.05) is 32.0 Å². The van der Waals surface area contributed by atoms with Crippen molar-refractivity contribution in [2.24, 2.45) is 13.0 Å². The molecule has 5 rings (SSSR count). The maximum absolute atomic E-state index is 13.6. The van der Waals surface area contributed by atoms with E-state index in [1.54, 1.807) is 17.0 Å². The number of aryl methyl sites for hydroxylation is 1. The lowest BCUT2D eigenvalue weighted by Gasteiger charge is -2.23. The highest BCUT2D eigenvalue weighted by Crippen LogP contribution is 2.42. The van der Waals surface area contributed by atoms with E-state index in [0.29, 0.717) is 18.8 Å². The Morgan fingerprint density at radius 1 is 1.18 bits per heavy atom. The largest absolute Gasteiger partial charge is 0.399 e. The summed E-state index contributed by atoms with van der Waals surface area (Å²) in [6.45, 7) is 5.34. The average Bonchev–Trinajstić information content (AvgIpc) is 3.43. The molecule has 3 heterocycles. The summed E-state index contributed by atoms with van der Waals surface area (Å²) in [6, 6.07) is 13.6. The average molecular weight is 444 g/mol. The second-order valence-corrected chi connectivity index (χ2v) is 9.86. The van der Waals surface area contributed by atoms with Crippen molar-refractivity contribution >= 4 is 28.9 Å². The number of nitrogens with two attached hydrogens (primary N) is 1. The minimum absolute atomic E-state index is 0.0154. The fraction of sp³-hybridized carbons (Fsp3) is 0.346. The Morgan fingerprint density at radius 3 is 2.73 bits per heavy atom. The molecule has 2 aromatic carbocycles. The zero-order chi connectivity index (χ0) is 23.3. The van der Waals surface area contributed by atoms with Gasteiger partial charge in [-0.15, -0.1) is 0 Å². The first-order valence-corrected chi connectivity index (χ1v) is 11.3. The second-order valence-electron chi connectivity index (χ2n) is 9.86. The first kappa shape index (κ1) is 21.2. The molecule has 2 aliphatic rings. The van der Waals surface area contributed by atoms with Crippen LogP contribution in [0.5, 0.6) is 0 Å². The quantitative estimate of drug-likeness (QED) is 0.627. The number of amides is 2. The van der Waals surface area contributed by atoms with Crippen molar-refractivity contribution in [1.82, 2.24) is 9.78 Å². The van der Waals surface area contributed by atoms with Crippen LogP contribution >= 0.6 is 0 Å². The Bertz CT molecular complexity index is 1240. The summed E-state index contributed by atoms with van der Waals surface area (Å²) in [6.07, 6.45) is 4.94. The summed E-state index contributed by atoms with van der Waals surface area (Å²) in [4.78, 5) is 29.9. The number of hydrogen-bond donors (Lipinski definition) is 1. The third kappa shape index (κ3) is 3.88. The minimum atomic E-state index is -0.365. The lowest BCUT2D eigenvalue weighted by molar-refractivity contribution is -0.124. The highest BCUT2D eigenvalue weighted by molar-refractivity contribution is 6.05. The van der Waals surface area contributed by atoms with Crippen LogP contribution in [0.1, 0.15) is 37.0 Å². The molecule has 7 nitrogen and oxygen atoms in total. The molecule has 2 amide bonds. The molecule has 2 N–H and O–H groups in total. The molecule has 170 valence electrons. The van der Waals surface area contributed by atoms with Crippen LogP contribution in [-0.4, -0.2) is 34.7 Å². The molecule has 1 unspecified atom stereocenters. The maximum atomic E-state index is 13.6. The standard InChI is InChI=1S/C26H29N5O2/c1-26(2)16-31(23-8-7-17(10-22(23)26)9-18-13-28-29(3)14-18)25(33)19-11-24(32)30(15-19)21-6-4-5-20(27)12-21/h4-8,10,12-14,19H,9,11,15-16,27H2,1-3H3. The SMILES string of the molecule is Cn1cc(Cc2ccc3c(c2)C(C)(C)CN3C(=O)C2CC(=O)N(c3cccc(N)c3)C2)cn1. The Morgan fingerprint density at radius 2 is 2.00 bits per heavy atom. The van der Waals surface area contributed by atoms with E-state index in [2.05, 4.69) is 37.1 Å². The van der Waals surface area contributed by atoms with Gasteiger partial charge in [0.25, 0.3) is 0 Å². The van der Waals surface area contributed by atoms with Crippen LogP contribution in [-0.2, 0) is 28.5 Å². The zero-order valence-electron chi connectivity index (χ0n) is 19.3. The van der Waals surface area contributed by atoms with Crippen molar-refractivity contribution in [3.8, 4) is 0 Å². The number of nitrogen functional groups attached to an aromatic ring is 1. The Labute approximate surface area is 193 Å². The molecule has 0 saturated carbocycles. The Hall–Kier alpha value is -3.61. The van der Waals surface area contributed by atoms with E-state index in [4.69, 9.17) is 5.73 Å². The smallest absolute Gasteiger partial charge is 0.232 e. The third-order valence-corrected chi connectivity index (χ3v) is 6.72. The lowest BCUT2D eigenvalue weighted by Crippen LogP contribution is -2.39.